The van der Waals surface area contributed by atoms with Gasteiger partial charge >= 0.3 is 0 Å². The molecular weight excluding hydrogens is 417 g/mol. The molecule has 0 heterocycles. The summed E-state index contributed by atoms with van der Waals surface area (Å²) in [7, 11) is 3.49. The Morgan fingerprint density at radius 3 is 2.75 bits per heavy atom. The van der Waals surface area contributed by atoms with Crippen LogP contribution < -0.4 is 15.4 Å². The maximum absolute atomic E-state index is 5.62. The van der Waals surface area contributed by atoms with Crippen molar-refractivity contribution < 1.29 is 9.47 Å². The fourth-order valence-corrected chi connectivity index (χ4v) is 2.30. The number of hydrogen-bond acceptors (Lipinski definition) is 3. The molecule has 2 N–H and O–H groups in total. The first-order chi connectivity index (χ1) is 11.2. The van der Waals surface area contributed by atoms with E-state index in [9.17, 15) is 0 Å². The molecule has 1 aromatic carbocycles. The van der Waals surface area contributed by atoms with E-state index in [1.54, 1.807) is 14.2 Å². The lowest BCUT2D eigenvalue weighted by Gasteiger charge is -2.13. The molecule has 0 saturated heterocycles. The summed E-state index contributed by atoms with van der Waals surface area (Å²) in [5.41, 5.74) is 2.31. The Balaban J connectivity index is 0.00000288. The maximum Gasteiger partial charge on any atom is 0.191 e. The van der Waals surface area contributed by atoms with Gasteiger partial charge in [0.25, 0.3) is 0 Å². The molecular formula is C18H30IN3O2. The van der Waals surface area contributed by atoms with E-state index < -0.39 is 0 Å². The van der Waals surface area contributed by atoms with Crippen LogP contribution in [0.2, 0.25) is 0 Å². The Labute approximate surface area is 162 Å². The number of halogens is 1. The van der Waals surface area contributed by atoms with Gasteiger partial charge in [0.05, 0.1) is 7.11 Å². The number of aliphatic imine (C=N–C) groups is 1. The molecule has 6 heteroatoms. The van der Waals surface area contributed by atoms with Crippen LogP contribution in [-0.2, 0) is 11.3 Å². The van der Waals surface area contributed by atoms with Crippen LogP contribution in [-0.4, -0.2) is 39.9 Å². The minimum Gasteiger partial charge on any atom is -0.496 e. The Hall–Kier alpha value is -1.02. The van der Waals surface area contributed by atoms with Crippen LogP contribution in [0.4, 0.5) is 0 Å². The smallest absolute Gasteiger partial charge is 0.191 e. The highest BCUT2D eigenvalue weighted by Crippen LogP contribution is 2.28. The van der Waals surface area contributed by atoms with Gasteiger partial charge in [0.1, 0.15) is 5.75 Å². The SMILES string of the molecule is CN=C(NCCCOCC1CC1)NCc1ccc(C)c(OC)c1.I. The monoisotopic (exact) mass is 447 g/mol. The average Bonchev–Trinajstić information content (AvgIpc) is 3.39. The summed E-state index contributed by atoms with van der Waals surface area (Å²) >= 11 is 0. The summed E-state index contributed by atoms with van der Waals surface area (Å²) < 4.78 is 11.0. The number of aryl methyl sites for hydroxylation is 1. The van der Waals surface area contributed by atoms with Crippen molar-refractivity contribution in [1.29, 1.82) is 0 Å². The molecule has 0 spiro atoms. The second kappa shape index (κ2) is 11.5. The van der Waals surface area contributed by atoms with Crippen LogP contribution in [0.1, 0.15) is 30.4 Å². The zero-order chi connectivity index (χ0) is 16.5. The van der Waals surface area contributed by atoms with E-state index in [4.69, 9.17) is 9.47 Å². The van der Waals surface area contributed by atoms with Crippen LogP contribution in [0, 0.1) is 12.8 Å². The minimum atomic E-state index is 0. The van der Waals surface area contributed by atoms with Crippen molar-refractivity contribution in [3.8, 4) is 5.75 Å². The quantitative estimate of drug-likeness (QED) is 0.265. The van der Waals surface area contributed by atoms with Gasteiger partial charge in [0, 0.05) is 33.4 Å². The standard InChI is InChI=1S/C18H29N3O2.HI/c1-14-5-6-16(11-17(14)22-3)12-21-18(19-2)20-9-4-10-23-13-15-7-8-15;/h5-6,11,15H,4,7-10,12-13H2,1-3H3,(H2,19,20,21);1H. The van der Waals surface area contributed by atoms with Gasteiger partial charge in [-0.2, -0.15) is 0 Å². The molecule has 0 unspecified atom stereocenters. The Morgan fingerprint density at radius 2 is 2.08 bits per heavy atom. The Bertz CT molecular complexity index is 519. The van der Waals surface area contributed by atoms with Crippen molar-refractivity contribution >= 4 is 29.9 Å². The number of benzene rings is 1. The lowest BCUT2D eigenvalue weighted by atomic mass is 10.1. The molecule has 136 valence electrons. The number of nitrogens with one attached hydrogen (secondary N) is 2. The van der Waals surface area contributed by atoms with E-state index in [2.05, 4.69) is 33.8 Å². The van der Waals surface area contributed by atoms with Crippen LogP contribution in [0.3, 0.4) is 0 Å². The summed E-state index contributed by atoms with van der Waals surface area (Å²) in [4.78, 5) is 4.24. The molecule has 5 nitrogen and oxygen atoms in total. The van der Waals surface area contributed by atoms with E-state index in [1.165, 1.54) is 18.4 Å². The Kier molecular flexibility index (Phi) is 10.1. The predicted molar refractivity (Wildman–Crippen MR) is 110 cm³/mol. The highest BCUT2D eigenvalue weighted by Gasteiger charge is 2.20. The lowest BCUT2D eigenvalue weighted by molar-refractivity contribution is 0.123. The summed E-state index contributed by atoms with van der Waals surface area (Å²) in [6.45, 7) is 5.37. The number of ether oxygens (including phenoxy) is 2. The molecule has 0 radical (unpaired) electrons. The van der Waals surface area contributed by atoms with Crippen LogP contribution in [0.5, 0.6) is 5.75 Å². The molecule has 1 fully saturated rings. The van der Waals surface area contributed by atoms with Crippen molar-refractivity contribution in [3.63, 3.8) is 0 Å². The number of guanidine groups is 1. The third-order valence-corrected chi connectivity index (χ3v) is 3.96. The largest absolute Gasteiger partial charge is 0.496 e. The molecule has 1 aliphatic rings. The second-order valence-corrected chi connectivity index (χ2v) is 6.03. The summed E-state index contributed by atoms with van der Waals surface area (Å²) in [6.07, 6.45) is 3.68. The van der Waals surface area contributed by atoms with E-state index >= 15 is 0 Å². The van der Waals surface area contributed by atoms with Gasteiger partial charge in [-0.1, -0.05) is 12.1 Å². The van der Waals surface area contributed by atoms with Gasteiger partial charge in [-0.25, -0.2) is 0 Å². The molecule has 1 saturated carbocycles. The van der Waals surface area contributed by atoms with Gasteiger partial charge in [0.2, 0.25) is 0 Å². The van der Waals surface area contributed by atoms with Crippen molar-refractivity contribution in [2.45, 2.75) is 32.7 Å². The third kappa shape index (κ3) is 7.70. The number of rotatable bonds is 9. The highest BCUT2D eigenvalue weighted by atomic mass is 127. The molecule has 1 aromatic rings. The van der Waals surface area contributed by atoms with Gasteiger partial charge < -0.3 is 20.1 Å². The first-order valence-corrected chi connectivity index (χ1v) is 8.38. The van der Waals surface area contributed by atoms with Gasteiger partial charge in [0.15, 0.2) is 5.96 Å². The zero-order valence-corrected chi connectivity index (χ0v) is 17.3. The molecule has 0 atom stereocenters. The molecule has 0 bridgehead atoms. The van der Waals surface area contributed by atoms with E-state index in [-0.39, 0.29) is 24.0 Å². The van der Waals surface area contributed by atoms with Crippen molar-refractivity contribution in [3.05, 3.63) is 29.3 Å². The topological polar surface area (TPSA) is 54.9 Å². The molecule has 0 aromatic heterocycles. The van der Waals surface area contributed by atoms with E-state index in [0.29, 0.717) is 6.54 Å². The number of hydrogen-bond donors (Lipinski definition) is 2. The molecule has 2 rings (SSSR count). The fourth-order valence-electron chi connectivity index (χ4n) is 2.30. The van der Waals surface area contributed by atoms with Gasteiger partial charge in [-0.05, 0) is 49.3 Å². The van der Waals surface area contributed by atoms with Gasteiger partial charge in [-0.3, -0.25) is 4.99 Å². The first kappa shape index (κ1) is 21.0. The molecule has 1 aliphatic carbocycles. The second-order valence-electron chi connectivity index (χ2n) is 6.03. The zero-order valence-electron chi connectivity index (χ0n) is 14.9. The normalized spacial score (nSPS) is 14.0. The minimum absolute atomic E-state index is 0. The third-order valence-electron chi connectivity index (χ3n) is 3.96. The highest BCUT2D eigenvalue weighted by molar-refractivity contribution is 14.0. The summed E-state index contributed by atoms with van der Waals surface area (Å²) in [6, 6.07) is 6.23. The van der Waals surface area contributed by atoms with Crippen molar-refractivity contribution in [2.24, 2.45) is 10.9 Å². The first-order valence-electron chi connectivity index (χ1n) is 8.38. The summed E-state index contributed by atoms with van der Waals surface area (Å²) in [5, 5.41) is 6.63. The molecule has 0 aliphatic heterocycles. The average molecular weight is 447 g/mol. The van der Waals surface area contributed by atoms with Crippen molar-refractivity contribution in [2.75, 3.05) is 33.9 Å². The van der Waals surface area contributed by atoms with Crippen LogP contribution in [0.25, 0.3) is 0 Å². The van der Waals surface area contributed by atoms with E-state index in [1.807, 2.05) is 6.92 Å². The van der Waals surface area contributed by atoms with Crippen molar-refractivity contribution in [1.82, 2.24) is 10.6 Å². The Morgan fingerprint density at radius 1 is 1.29 bits per heavy atom. The predicted octanol–water partition coefficient (Wildman–Crippen LogP) is 3.10. The van der Waals surface area contributed by atoms with Gasteiger partial charge in [-0.15, -0.1) is 24.0 Å². The number of methoxy groups -OCH3 is 1. The van der Waals surface area contributed by atoms with Crippen LogP contribution >= 0.6 is 24.0 Å². The maximum atomic E-state index is 5.62. The lowest BCUT2D eigenvalue weighted by Crippen LogP contribution is -2.37. The number of nitrogens with zero attached hydrogens (tertiary/aromatic N) is 1. The summed E-state index contributed by atoms with van der Waals surface area (Å²) in [5.74, 6) is 2.57. The van der Waals surface area contributed by atoms with E-state index in [0.717, 1.165) is 49.4 Å². The van der Waals surface area contributed by atoms with Crippen LogP contribution in [0.15, 0.2) is 23.2 Å². The molecule has 24 heavy (non-hydrogen) atoms. The fraction of sp³-hybridized carbons (Fsp3) is 0.611. The molecule has 0 amide bonds.